The van der Waals surface area contributed by atoms with Crippen LogP contribution in [0, 0.1) is 5.82 Å². The smallest absolute Gasteiger partial charge is 0.247 e. The molecule has 0 radical (unpaired) electrons. The molecule has 1 aromatic carbocycles. The largest absolute Gasteiger partial charge is 0.465 e. The normalized spacial score (nSPS) is 19.3. The summed E-state index contributed by atoms with van der Waals surface area (Å²) in [6, 6.07) is 9.11. The fourth-order valence-corrected chi connectivity index (χ4v) is 4.58. The van der Waals surface area contributed by atoms with Crippen LogP contribution in [0.2, 0.25) is 0 Å². The van der Waals surface area contributed by atoms with Crippen molar-refractivity contribution in [2.45, 2.75) is 19.0 Å². The average molecular weight is 363 g/mol. The zero-order valence-electron chi connectivity index (χ0n) is 13.5. The van der Waals surface area contributed by atoms with Gasteiger partial charge in [-0.1, -0.05) is 18.2 Å². The lowest BCUT2D eigenvalue weighted by molar-refractivity contribution is -0.128. The molecule has 25 heavy (non-hydrogen) atoms. The summed E-state index contributed by atoms with van der Waals surface area (Å²) in [5.41, 5.74) is 0.353. The van der Waals surface area contributed by atoms with E-state index in [4.69, 9.17) is 4.42 Å². The van der Waals surface area contributed by atoms with E-state index in [-0.39, 0.29) is 24.0 Å². The third kappa shape index (κ3) is 4.36. The molecule has 7 heteroatoms. The minimum atomic E-state index is -3.16. The fourth-order valence-electron chi connectivity index (χ4n) is 2.85. The number of carbonyl (C=O) groups excluding carboxylic acids is 1. The molecule has 1 atom stereocenters. The van der Waals surface area contributed by atoms with Crippen LogP contribution in [0.5, 0.6) is 0 Å². The minimum Gasteiger partial charge on any atom is -0.465 e. The molecule has 0 aliphatic carbocycles. The fraction of sp³-hybridized carbons (Fsp3) is 0.278. The molecular formula is C18H18FNO4S. The first-order valence-electron chi connectivity index (χ1n) is 7.91. The van der Waals surface area contributed by atoms with Crippen LogP contribution in [0.1, 0.15) is 17.7 Å². The van der Waals surface area contributed by atoms with Crippen molar-refractivity contribution in [3.05, 3.63) is 65.9 Å². The molecule has 0 bridgehead atoms. The lowest BCUT2D eigenvalue weighted by Gasteiger charge is -2.27. The van der Waals surface area contributed by atoms with E-state index in [1.54, 1.807) is 30.3 Å². The molecule has 1 fully saturated rings. The van der Waals surface area contributed by atoms with Gasteiger partial charge in [0.15, 0.2) is 9.84 Å². The zero-order chi connectivity index (χ0) is 17.9. The highest BCUT2D eigenvalue weighted by atomic mass is 32.2. The number of rotatable bonds is 5. The van der Waals surface area contributed by atoms with Crippen molar-refractivity contribution < 1.29 is 22.0 Å². The number of sulfone groups is 1. The number of benzene rings is 1. The number of nitrogens with zero attached hydrogens (tertiary/aromatic N) is 1. The van der Waals surface area contributed by atoms with Crippen LogP contribution in [-0.4, -0.2) is 36.8 Å². The minimum absolute atomic E-state index is 0.0220. The molecule has 5 nitrogen and oxygen atoms in total. The standard InChI is InChI=1S/C18H18FNO4S/c19-17-6-2-1-4-14(17)12-20(15-9-11-25(22,23)13-15)18(21)8-7-16-5-3-10-24-16/h1-8,10,15H,9,11-13H2/b8-7+/t15-/m1/s1. The summed E-state index contributed by atoms with van der Waals surface area (Å²) in [6.45, 7) is 0.0220. The second kappa shape index (κ2) is 7.23. The quantitative estimate of drug-likeness (QED) is 0.766. The SMILES string of the molecule is O=C(/C=C/c1ccco1)N(Cc1ccccc1F)[C@@H]1CCS(=O)(=O)C1. The Hall–Kier alpha value is -2.41. The van der Waals surface area contributed by atoms with Crippen LogP contribution in [-0.2, 0) is 21.2 Å². The molecule has 0 N–H and O–H groups in total. The first-order chi connectivity index (χ1) is 11.9. The predicted molar refractivity (Wildman–Crippen MR) is 91.8 cm³/mol. The van der Waals surface area contributed by atoms with Gasteiger partial charge < -0.3 is 9.32 Å². The molecule has 1 saturated heterocycles. The van der Waals surface area contributed by atoms with Gasteiger partial charge in [-0.25, -0.2) is 12.8 Å². The Morgan fingerprint density at radius 3 is 2.72 bits per heavy atom. The molecule has 0 spiro atoms. The van der Waals surface area contributed by atoms with E-state index in [1.165, 1.54) is 29.4 Å². The number of furan rings is 1. The maximum atomic E-state index is 14.0. The van der Waals surface area contributed by atoms with Crippen LogP contribution < -0.4 is 0 Å². The van der Waals surface area contributed by atoms with Crippen molar-refractivity contribution in [3.63, 3.8) is 0 Å². The second-order valence-electron chi connectivity index (χ2n) is 5.96. The van der Waals surface area contributed by atoms with Crippen LogP contribution in [0.15, 0.2) is 53.2 Å². The van der Waals surface area contributed by atoms with Gasteiger partial charge in [0.05, 0.1) is 17.8 Å². The van der Waals surface area contributed by atoms with Gasteiger partial charge in [0.2, 0.25) is 5.91 Å². The highest BCUT2D eigenvalue weighted by Crippen LogP contribution is 2.22. The number of halogens is 1. The van der Waals surface area contributed by atoms with Crippen molar-refractivity contribution >= 4 is 21.8 Å². The third-order valence-corrected chi connectivity index (χ3v) is 5.91. The van der Waals surface area contributed by atoms with Crippen molar-refractivity contribution in [1.29, 1.82) is 0 Å². The Bertz CT molecular complexity index is 874. The first-order valence-corrected chi connectivity index (χ1v) is 9.73. The van der Waals surface area contributed by atoms with Crippen LogP contribution in [0.25, 0.3) is 6.08 Å². The summed E-state index contributed by atoms with van der Waals surface area (Å²) >= 11 is 0. The Balaban J connectivity index is 1.83. The molecule has 0 saturated carbocycles. The van der Waals surface area contributed by atoms with E-state index in [2.05, 4.69) is 0 Å². The third-order valence-electron chi connectivity index (χ3n) is 4.16. The Kier molecular flexibility index (Phi) is 5.03. The van der Waals surface area contributed by atoms with E-state index in [0.29, 0.717) is 17.7 Å². The number of hydrogen-bond donors (Lipinski definition) is 0. The van der Waals surface area contributed by atoms with Crippen molar-refractivity contribution in [2.24, 2.45) is 0 Å². The number of amides is 1. The monoisotopic (exact) mass is 363 g/mol. The lowest BCUT2D eigenvalue weighted by Crippen LogP contribution is -2.39. The van der Waals surface area contributed by atoms with E-state index >= 15 is 0 Å². The van der Waals surface area contributed by atoms with Gasteiger partial charge in [0, 0.05) is 24.2 Å². The molecule has 1 aromatic heterocycles. The molecule has 3 rings (SSSR count). The Labute approximate surface area is 145 Å². The van der Waals surface area contributed by atoms with Gasteiger partial charge in [-0.3, -0.25) is 4.79 Å². The summed E-state index contributed by atoms with van der Waals surface area (Å²) in [4.78, 5) is 14.1. The van der Waals surface area contributed by atoms with Crippen molar-refractivity contribution in [2.75, 3.05) is 11.5 Å². The topological polar surface area (TPSA) is 67.6 Å². The van der Waals surface area contributed by atoms with Crippen molar-refractivity contribution in [3.8, 4) is 0 Å². The molecule has 1 aliphatic rings. The highest BCUT2D eigenvalue weighted by Gasteiger charge is 2.34. The Morgan fingerprint density at radius 2 is 2.08 bits per heavy atom. The van der Waals surface area contributed by atoms with E-state index in [0.717, 1.165) is 0 Å². The molecule has 2 aromatic rings. The zero-order valence-corrected chi connectivity index (χ0v) is 14.3. The maximum absolute atomic E-state index is 14.0. The highest BCUT2D eigenvalue weighted by molar-refractivity contribution is 7.91. The van der Waals surface area contributed by atoms with E-state index in [9.17, 15) is 17.6 Å². The second-order valence-corrected chi connectivity index (χ2v) is 8.19. The summed E-state index contributed by atoms with van der Waals surface area (Å²) in [5.74, 6) is -0.335. The lowest BCUT2D eigenvalue weighted by atomic mass is 10.1. The number of carbonyl (C=O) groups is 1. The van der Waals surface area contributed by atoms with Gasteiger partial charge in [0.1, 0.15) is 11.6 Å². The molecule has 0 unspecified atom stereocenters. The molecular weight excluding hydrogens is 345 g/mol. The van der Waals surface area contributed by atoms with Gasteiger partial charge in [-0.2, -0.15) is 0 Å². The molecule has 1 amide bonds. The predicted octanol–water partition coefficient (Wildman–Crippen LogP) is 2.65. The van der Waals surface area contributed by atoms with Gasteiger partial charge in [0.25, 0.3) is 0 Å². The van der Waals surface area contributed by atoms with Crippen LogP contribution in [0.4, 0.5) is 4.39 Å². The Morgan fingerprint density at radius 1 is 1.28 bits per heavy atom. The van der Waals surface area contributed by atoms with E-state index < -0.39 is 21.7 Å². The van der Waals surface area contributed by atoms with Crippen LogP contribution in [0.3, 0.4) is 0 Å². The van der Waals surface area contributed by atoms with E-state index in [1.807, 2.05) is 0 Å². The van der Waals surface area contributed by atoms with Crippen LogP contribution >= 0.6 is 0 Å². The molecule has 2 heterocycles. The molecule has 1 aliphatic heterocycles. The molecule has 132 valence electrons. The summed E-state index contributed by atoms with van der Waals surface area (Å²) in [6.07, 6.45) is 4.69. The maximum Gasteiger partial charge on any atom is 0.247 e. The summed E-state index contributed by atoms with van der Waals surface area (Å²) in [5, 5.41) is 0. The summed E-state index contributed by atoms with van der Waals surface area (Å²) in [7, 11) is -3.16. The summed E-state index contributed by atoms with van der Waals surface area (Å²) < 4.78 is 42.7. The average Bonchev–Trinajstić information content (AvgIpc) is 3.21. The van der Waals surface area contributed by atoms with Gasteiger partial charge in [-0.15, -0.1) is 0 Å². The first kappa shape index (κ1) is 17.4. The van der Waals surface area contributed by atoms with Gasteiger partial charge >= 0.3 is 0 Å². The number of hydrogen-bond acceptors (Lipinski definition) is 4. The van der Waals surface area contributed by atoms with Gasteiger partial charge in [-0.05, 0) is 30.7 Å². The van der Waals surface area contributed by atoms with Crippen molar-refractivity contribution in [1.82, 2.24) is 4.90 Å².